The molecule has 1 amide bonds. The molecular weight excluding hydrogens is 354 g/mol. The molecule has 2 heterocycles. The minimum Gasteiger partial charge on any atom is -0.421 e. The summed E-state index contributed by atoms with van der Waals surface area (Å²) in [7, 11) is 0. The van der Waals surface area contributed by atoms with Gasteiger partial charge in [0.25, 0.3) is 0 Å². The van der Waals surface area contributed by atoms with Crippen LogP contribution < -0.4 is 5.32 Å². The van der Waals surface area contributed by atoms with Gasteiger partial charge in [0.05, 0.1) is 6.33 Å². The molecule has 0 atom stereocenters. The molecule has 2 aromatic carbocycles. The number of aromatic nitrogens is 4. The van der Waals surface area contributed by atoms with E-state index in [0.29, 0.717) is 24.7 Å². The van der Waals surface area contributed by atoms with Crippen molar-refractivity contribution in [1.29, 1.82) is 0 Å². The quantitative estimate of drug-likeness (QED) is 0.535. The topological polar surface area (TPSA) is 85.8 Å². The molecule has 0 bridgehead atoms. The zero-order valence-electron chi connectivity index (χ0n) is 15.2. The highest BCUT2D eigenvalue weighted by Gasteiger charge is 2.10. The summed E-state index contributed by atoms with van der Waals surface area (Å²) < 4.78 is 7.61. The normalized spacial score (nSPS) is 10.7. The van der Waals surface area contributed by atoms with Gasteiger partial charge in [-0.2, -0.15) is 0 Å². The summed E-state index contributed by atoms with van der Waals surface area (Å²) in [6.07, 6.45) is 6.06. The number of benzene rings is 2. The van der Waals surface area contributed by atoms with Crippen LogP contribution in [-0.2, 0) is 17.8 Å². The molecule has 0 aliphatic heterocycles. The zero-order valence-corrected chi connectivity index (χ0v) is 15.2. The first kappa shape index (κ1) is 17.7. The van der Waals surface area contributed by atoms with Gasteiger partial charge in [0, 0.05) is 43.0 Å². The highest BCUT2D eigenvalue weighted by Crippen LogP contribution is 2.18. The Morgan fingerprint density at radius 1 is 1.07 bits per heavy atom. The molecule has 28 heavy (non-hydrogen) atoms. The third-order valence-electron chi connectivity index (χ3n) is 4.19. The largest absolute Gasteiger partial charge is 0.421 e. The highest BCUT2D eigenvalue weighted by atomic mass is 16.4. The Bertz CT molecular complexity index is 1040. The van der Waals surface area contributed by atoms with Crippen LogP contribution in [0.25, 0.3) is 11.5 Å². The maximum absolute atomic E-state index is 12.3. The summed E-state index contributed by atoms with van der Waals surface area (Å²) in [4.78, 5) is 16.3. The average Bonchev–Trinajstić information content (AvgIpc) is 3.39. The molecule has 0 spiro atoms. The second-order valence-corrected chi connectivity index (χ2v) is 6.35. The summed E-state index contributed by atoms with van der Waals surface area (Å²) >= 11 is 0. The average molecular weight is 373 g/mol. The van der Waals surface area contributed by atoms with Crippen molar-refractivity contribution in [3.63, 3.8) is 0 Å². The molecule has 7 nitrogen and oxygen atoms in total. The Hall–Kier alpha value is -3.74. The van der Waals surface area contributed by atoms with Gasteiger partial charge >= 0.3 is 0 Å². The number of rotatable bonds is 7. The van der Waals surface area contributed by atoms with E-state index in [0.717, 1.165) is 16.8 Å². The van der Waals surface area contributed by atoms with E-state index < -0.39 is 0 Å². The molecule has 0 aliphatic carbocycles. The molecule has 0 radical (unpaired) electrons. The van der Waals surface area contributed by atoms with Crippen LogP contribution in [0.4, 0.5) is 5.69 Å². The third-order valence-corrected chi connectivity index (χ3v) is 4.19. The lowest BCUT2D eigenvalue weighted by atomic mass is 10.2. The fraction of sp³-hybridized carbons (Fsp3) is 0.143. The molecule has 0 fully saturated rings. The maximum Gasteiger partial charge on any atom is 0.247 e. The number of anilines is 1. The molecule has 0 unspecified atom stereocenters. The smallest absolute Gasteiger partial charge is 0.247 e. The number of nitrogens with one attached hydrogen (secondary N) is 1. The van der Waals surface area contributed by atoms with Gasteiger partial charge in [0.15, 0.2) is 0 Å². The van der Waals surface area contributed by atoms with E-state index in [1.807, 2.05) is 65.4 Å². The molecule has 4 rings (SSSR count). The Morgan fingerprint density at radius 2 is 1.96 bits per heavy atom. The maximum atomic E-state index is 12.3. The van der Waals surface area contributed by atoms with Crippen molar-refractivity contribution in [3.05, 3.63) is 84.8 Å². The predicted molar refractivity (Wildman–Crippen MR) is 104 cm³/mol. The number of carbonyl (C=O) groups excluding carboxylic acids is 1. The number of hydrogen-bond acceptors (Lipinski definition) is 5. The van der Waals surface area contributed by atoms with Gasteiger partial charge < -0.3 is 14.3 Å². The van der Waals surface area contributed by atoms with Crippen LogP contribution in [0.1, 0.15) is 17.9 Å². The third kappa shape index (κ3) is 4.50. The van der Waals surface area contributed by atoms with Crippen molar-refractivity contribution in [2.24, 2.45) is 0 Å². The number of hydrogen-bond donors (Lipinski definition) is 1. The predicted octanol–water partition coefficient (Wildman–Crippen LogP) is 3.55. The van der Waals surface area contributed by atoms with E-state index >= 15 is 0 Å². The molecule has 1 N–H and O–H groups in total. The lowest BCUT2D eigenvalue weighted by Gasteiger charge is -2.07. The summed E-state index contributed by atoms with van der Waals surface area (Å²) in [5.74, 6) is 0.810. The minimum absolute atomic E-state index is 0.0979. The van der Waals surface area contributed by atoms with Crippen molar-refractivity contribution in [1.82, 2.24) is 19.7 Å². The van der Waals surface area contributed by atoms with Crippen LogP contribution in [0.3, 0.4) is 0 Å². The molecule has 140 valence electrons. The van der Waals surface area contributed by atoms with Crippen LogP contribution in [0.15, 0.2) is 77.7 Å². The zero-order chi connectivity index (χ0) is 19.2. The number of nitrogens with zero attached hydrogens (tertiary/aromatic N) is 4. The van der Waals surface area contributed by atoms with E-state index in [2.05, 4.69) is 20.5 Å². The molecule has 0 aliphatic rings. The van der Waals surface area contributed by atoms with Crippen LogP contribution in [0.2, 0.25) is 0 Å². The minimum atomic E-state index is -0.0979. The molecule has 4 aromatic rings. The van der Waals surface area contributed by atoms with E-state index in [1.54, 1.807) is 12.5 Å². The number of aryl methyl sites for hydroxylation is 1. The Balaban J connectivity index is 1.32. The van der Waals surface area contributed by atoms with E-state index in [4.69, 9.17) is 4.42 Å². The molecule has 0 saturated heterocycles. The molecule has 7 heteroatoms. The van der Waals surface area contributed by atoms with Crippen molar-refractivity contribution in [2.75, 3.05) is 5.32 Å². The first-order valence-corrected chi connectivity index (χ1v) is 8.98. The van der Waals surface area contributed by atoms with Gasteiger partial charge in [-0.05, 0) is 29.8 Å². The lowest BCUT2D eigenvalue weighted by molar-refractivity contribution is -0.116. The Morgan fingerprint density at radius 3 is 2.79 bits per heavy atom. The van der Waals surface area contributed by atoms with Gasteiger partial charge in [-0.25, -0.2) is 4.98 Å². The van der Waals surface area contributed by atoms with Crippen molar-refractivity contribution in [2.45, 2.75) is 19.4 Å². The monoisotopic (exact) mass is 373 g/mol. The van der Waals surface area contributed by atoms with Crippen LogP contribution in [0, 0.1) is 0 Å². The fourth-order valence-corrected chi connectivity index (χ4v) is 2.83. The van der Waals surface area contributed by atoms with E-state index in [1.165, 1.54) is 0 Å². The van der Waals surface area contributed by atoms with Crippen LogP contribution >= 0.6 is 0 Å². The van der Waals surface area contributed by atoms with Gasteiger partial charge in [0.1, 0.15) is 0 Å². The highest BCUT2D eigenvalue weighted by molar-refractivity contribution is 5.90. The van der Waals surface area contributed by atoms with Gasteiger partial charge in [0.2, 0.25) is 17.7 Å². The fourth-order valence-electron chi connectivity index (χ4n) is 2.83. The number of imidazole rings is 1. The number of amides is 1. The van der Waals surface area contributed by atoms with Crippen LogP contribution in [0.5, 0.6) is 0 Å². The lowest BCUT2D eigenvalue weighted by Crippen LogP contribution is -2.12. The summed E-state index contributed by atoms with van der Waals surface area (Å²) in [6.45, 7) is 0.702. The second-order valence-electron chi connectivity index (χ2n) is 6.35. The van der Waals surface area contributed by atoms with Crippen molar-refractivity contribution in [3.8, 4) is 11.5 Å². The summed E-state index contributed by atoms with van der Waals surface area (Å²) in [6, 6.07) is 17.3. The van der Waals surface area contributed by atoms with E-state index in [-0.39, 0.29) is 12.3 Å². The van der Waals surface area contributed by atoms with E-state index in [9.17, 15) is 4.79 Å². The van der Waals surface area contributed by atoms with Crippen molar-refractivity contribution < 1.29 is 9.21 Å². The van der Waals surface area contributed by atoms with Gasteiger partial charge in [-0.1, -0.05) is 30.3 Å². The standard InChI is InChI=1S/C21H19N5O2/c27-19(9-10-20-24-25-21(28-20)17-6-2-1-3-7-17)23-18-8-4-5-16(13-18)14-26-12-11-22-15-26/h1-8,11-13,15H,9-10,14H2,(H,23,27). The van der Waals surface area contributed by atoms with Gasteiger partial charge in [-0.15, -0.1) is 10.2 Å². The molecule has 2 aromatic heterocycles. The number of carbonyl (C=O) groups is 1. The SMILES string of the molecule is O=C(CCc1nnc(-c2ccccc2)o1)Nc1cccc(Cn2ccnc2)c1. The second kappa shape index (κ2) is 8.30. The van der Waals surface area contributed by atoms with Gasteiger partial charge in [-0.3, -0.25) is 4.79 Å². The molecular formula is C21H19N5O2. The Kier molecular flexibility index (Phi) is 5.24. The molecule has 0 saturated carbocycles. The van der Waals surface area contributed by atoms with Crippen molar-refractivity contribution >= 4 is 11.6 Å². The van der Waals surface area contributed by atoms with Crippen LogP contribution in [-0.4, -0.2) is 25.7 Å². The summed E-state index contributed by atoms with van der Waals surface area (Å²) in [5, 5.41) is 11.0. The Labute approximate surface area is 162 Å². The first-order chi connectivity index (χ1) is 13.8. The first-order valence-electron chi connectivity index (χ1n) is 8.98. The summed E-state index contributed by atoms with van der Waals surface area (Å²) in [5.41, 5.74) is 2.71.